The minimum Gasteiger partial charge on any atom is -0.317 e. The first-order chi connectivity index (χ1) is 11.2. The average molecular weight is 329 g/mol. The van der Waals surface area contributed by atoms with Gasteiger partial charge in [-0.25, -0.2) is 4.39 Å². The summed E-state index contributed by atoms with van der Waals surface area (Å²) in [5.41, 5.74) is 3.40. The van der Waals surface area contributed by atoms with Gasteiger partial charge in [-0.3, -0.25) is 0 Å². The van der Waals surface area contributed by atoms with E-state index in [0.717, 1.165) is 42.2 Å². The molecule has 0 unspecified atom stereocenters. The van der Waals surface area contributed by atoms with E-state index in [0.29, 0.717) is 5.92 Å². The Hall–Kier alpha value is -1.84. The molecule has 1 N–H and O–H groups in total. The van der Waals surface area contributed by atoms with Crippen LogP contribution in [-0.2, 0) is 0 Å². The Morgan fingerprint density at radius 1 is 1.04 bits per heavy atom. The van der Waals surface area contributed by atoms with Gasteiger partial charge in [0.2, 0.25) is 0 Å². The van der Waals surface area contributed by atoms with E-state index in [2.05, 4.69) is 22.1 Å². The fraction of sp³-hybridized carbons (Fsp3) is 0.263. The van der Waals surface area contributed by atoms with Crippen LogP contribution in [0, 0.1) is 5.82 Å². The monoisotopic (exact) mass is 328 g/mol. The molecule has 1 aromatic heterocycles. The highest BCUT2D eigenvalue weighted by Gasteiger charge is 2.20. The zero-order chi connectivity index (χ0) is 15.8. The molecule has 0 amide bonds. The second kappa shape index (κ2) is 5.99. The van der Waals surface area contributed by atoms with E-state index in [1.807, 2.05) is 24.3 Å². The maximum Gasteiger partial charge on any atom is 0.123 e. The third kappa shape index (κ3) is 2.75. The highest BCUT2D eigenvalue weighted by atomic mass is 35.5. The number of nitrogens with zero attached hydrogens (tertiary/aromatic N) is 1. The summed E-state index contributed by atoms with van der Waals surface area (Å²) in [7, 11) is 0. The molecule has 4 heteroatoms. The first-order valence-electron chi connectivity index (χ1n) is 7.99. The smallest absolute Gasteiger partial charge is 0.123 e. The van der Waals surface area contributed by atoms with Crippen molar-refractivity contribution in [3.05, 3.63) is 65.1 Å². The van der Waals surface area contributed by atoms with Crippen molar-refractivity contribution in [1.82, 2.24) is 9.88 Å². The van der Waals surface area contributed by atoms with Crippen LogP contribution in [0.4, 0.5) is 4.39 Å². The van der Waals surface area contributed by atoms with Gasteiger partial charge in [0.05, 0.1) is 5.52 Å². The van der Waals surface area contributed by atoms with Gasteiger partial charge in [0.15, 0.2) is 0 Å². The molecular formula is C19H18ClFN2. The van der Waals surface area contributed by atoms with Crippen LogP contribution in [0.2, 0.25) is 5.02 Å². The molecule has 0 aliphatic carbocycles. The van der Waals surface area contributed by atoms with Crippen LogP contribution in [-0.4, -0.2) is 17.7 Å². The summed E-state index contributed by atoms with van der Waals surface area (Å²) in [5.74, 6) is 0.337. The predicted molar refractivity (Wildman–Crippen MR) is 93.1 cm³/mol. The highest BCUT2D eigenvalue weighted by molar-refractivity contribution is 6.31. The van der Waals surface area contributed by atoms with E-state index in [9.17, 15) is 4.39 Å². The third-order valence-corrected chi connectivity index (χ3v) is 4.92. The third-order valence-electron chi connectivity index (χ3n) is 4.68. The summed E-state index contributed by atoms with van der Waals surface area (Å²) < 4.78 is 15.4. The number of fused-ring (bicyclic) bond motifs is 1. The lowest BCUT2D eigenvalue weighted by Crippen LogP contribution is -2.26. The number of hydrogen-bond donors (Lipinski definition) is 1. The van der Waals surface area contributed by atoms with E-state index in [1.165, 1.54) is 23.1 Å². The van der Waals surface area contributed by atoms with Crippen molar-refractivity contribution in [3.8, 4) is 5.69 Å². The minimum atomic E-state index is -0.221. The van der Waals surface area contributed by atoms with Crippen molar-refractivity contribution in [3.63, 3.8) is 0 Å². The zero-order valence-electron chi connectivity index (χ0n) is 12.7. The summed E-state index contributed by atoms with van der Waals surface area (Å²) in [6, 6.07) is 12.7. The molecule has 1 saturated heterocycles. The second-order valence-electron chi connectivity index (χ2n) is 6.12. The Kier molecular flexibility index (Phi) is 3.83. The normalized spacial score (nSPS) is 16.1. The number of halogens is 2. The van der Waals surface area contributed by atoms with Crippen molar-refractivity contribution in [1.29, 1.82) is 0 Å². The molecule has 0 bridgehead atoms. The quantitative estimate of drug-likeness (QED) is 0.708. The number of nitrogens with one attached hydrogen (secondary N) is 1. The van der Waals surface area contributed by atoms with E-state index in [1.54, 1.807) is 0 Å². The topological polar surface area (TPSA) is 17.0 Å². The van der Waals surface area contributed by atoms with E-state index in [-0.39, 0.29) is 5.82 Å². The Bertz CT molecular complexity index is 832. The molecule has 1 aliphatic rings. The van der Waals surface area contributed by atoms with Crippen molar-refractivity contribution in [2.45, 2.75) is 18.8 Å². The van der Waals surface area contributed by atoms with Crippen molar-refractivity contribution in [2.24, 2.45) is 0 Å². The van der Waals surface area contributed by atoms with Crippen LogP contribution in [0.15, 0.2) is 48.7 Å². The minimum absolute atomic E-state index is 0.221. The number of piperidine rings is 1. The highest BCUT2D eigenvalue weighted by Crippen LogP contribution is 2.35. The number of hydrogen-bond acceptors (Lipinski definition) is 1. The van der Waals surface area contributed by atoms with Gasteiger partial charge < -0.3 is 9.88 Å². The first-order valence-corrected chi connectivity index (χ1v) is 8.37. The summed E-state index contributed by atoms with van der Waals surface area (Å²) >= 11 is 6.22. The van der Waals surface area contributed by atoms with Gasteiger partial charge in [-0.1, -0.05) is 17.7 Å². The van der Waals surface area contributed by atoms with Gasteiger partial charge >= 0.3 is 0 Å². The van der Waals surface area contributed by atoms with Crippen LogP contribution in [0.1, 0.15) is 24.3 Å². The Morgan fingerprint density at radius 3 is 2.52 bits per heavy atom. The first kappa shape index (κ1) is 14.7. The van der Waals surface area contributed by atoms with Crippen LogP contribution in [0.5, 0.6) is 0 Å². The van der Waals surface area contributed by atoms with Crippen molar-refractivity contribution >= 4 is 22.5 Å². The maximum absolute atomic E-state index is 13.2. The Balaban J connectivity index is 1.89. The van der Waals surface area contributed by atoms with Gasteiger partial charge in [0, 0.05) is 22.3 Å². The van der Waals surface area contributed by atoms with Crippen molar-refractivity contribution in [2.75, 3.05) is 13.1 Å². The molecule has 23 heavy (non-hydrogen) atoms. The number of rotatable bonds is 2. The SMILES string of the molecule is Fc1ccc(-n2cc(C3CCNCC3)c3ccc(Cl)cc32)cc1. The van der Waals surface area contributed by atoms with Gasteiger partial charge in [-0.2, -0.15) is 0 Å². The summed E-state index contributed by atoms with van der Waals surface area (Å²) in [4.78, 5) is 0. The van der Waals surface area contributed by atoms with Crippen LogP contribution in [0.25, 0.3) is 16.6 Å². The molecule has 2 aromatic carbocycles. The molecule has 0 spiro atoms. The van der Waals surface area contributed by atoms with Gasteiger partial charge in [0.25, 0.3) is 0 Å². The zero-order valence-corrected chi connectivity index (χ0v) is 13.5. The summed E-state index contributed by atoms with van der Waals surface area (Å²) in [5, 5.41) is 5.38. The lowest BCUT2D eigenvalue weighted by molar-refractivity contribution is 0.462. The van der Waals surface area contributed by atoms with E-state index < -0.39 is 0 Å². The van der Waals surface area contributed by atoms with Crippen LogP contribution < -0.4 is 5.32 Å². The lowest BCUT2D eigenvalue weighted by Gasteiger charge is -2.22. The van der Waals surface area contributed by atoms with Gasteiger partial charge in [-0.15, -0.1) is 0 Å². The molecule has 118 valence electrons. The second-order valence-corrected chi connectivity index (χ2v) is 6.55. The molecule has 2 nitrogen and oxygen atoms in total. The number of benzene rings is 2. The fourth-order valence-electron chi connectivity index (χ4n) is 3.50. The largest absolute Gasteiger partial charge is 0.317 e. The molecule has 0 saturated carbocycles. The molecule has 0 atom stereocenters. The average Bonchev–Trinajstić information content (AvgIpc) is 2.95. The lowest BCUT2D eigenvalue weighted by atomic mass is 9.90. The molecule has 1 aliphatic heterocycles. The Labute approximate surface area is 139 Å². The van der Waals surface area contributed by atoms with E-state index >= 15 is 0 Å². The molecule has 2 heterocycles. The van der Waals surface area contributed by atoms with Crippen LogP contribution in [0.3, 0.4) is 0 Å². The van der Waals surface area contributed by atoms with Crippen LogP contribution >= 0.6 is 11.6 Å². The standard InChI is InChI=1S/C19H18ClFN2/c20-14-1-6-17-18(13-7-9-22-10-8-13)12-23(19(17)11-14)16-4-2-15(21)3-5-16/h1-6,11-13,22H,7-10H2. The fourth-order valence-corrected chi connectivity index (χ4v) is 3.67. The summed E-state index contributed by atoms with van der Waals surface area (Å²) in [6.07, 6.45) is 4.49. The van der Waals surface area contributed by atoms with Gasteiger partial charge in [-0.05, 0) is 73.8 Å². The van der Waals surface area contributed by atoms with Gasteiger partial charge in [0.1, 0.15) is 5.82 Å². The molecule has 3 aromatic rings. The molecule has 1 fully saturated rings. The van der Waals surface area contributed by atoms with Crippen molar-refractivity contribution < 1.29 is 4.39 Å². The Morgan fingerprint density at radius 2 is 1.78 bits per heavy atom. The molecular weight excluding hydrogens is 311 g/mol. The predicted octanol–water partition coefficient (Wildman–Crippen LogP) is 4.89. The maximum atomic E-state index is 13.2. The van der Waals surface area contributed by atoms with E-state index in [4.69, 9.17) is 11.6 Å². The summed E-state index contributed by atoms with van der Waals surface area (Å²) in [6.45, 7) is 2.11. The molecule has 4 rings (SSSR count). The number of aromatic nitrogens is 1. The molecule has 0 radical (unpaired) electrons.